The van der Waals surface area contributed by atoms with E-state index in [-0.39, 0.29) is 12.4 Å². The number of nitrogens with one attached hydrogen (secondary N) is 1. The Morgan fingerprint density at radius 3 is 2.56 bits per heavy atom. The van der Waals surface area contributed by atoms with Crippen LogP contribution in [0, 0.1) is 0 Å². The van der Waals surface area contributed by atoms with Crippen molar-refractivity contribution in [2.24, 2.45) is 5.73 Å². The monoisotopic (exact) mass is 242 g/mol. The van der Waals surface area contributed by atoms with Gasteiger partial charge in [0.25, 0.3) is 0 Å². The number of rotatable bonds is 2. The number of pyridine rings is 1. The van der Waals surface area contributed by atoms with Crippen LogP contribution in [0.15, 0.2) is 18.3 Å². The van der Waals surface area contributed by atoms with E-state index in [2.05, 4.69) is 15.2 Å². The maximum absolute atomic E-state index is 10.8. The second-order valence-electron chi connectivity index (χ2n) is 3.51. The Balaban J connectivity index is 0.00000128. The van der Waals surface area contributed by atoms with Gasteiger partial charge in [0.1, 0.15) is 5.82 Å². The molecule has 16 heavy (non-hydrogen) atoms. The van der Waals surface area contributed by atoms with Crippen LogP contribution in [-0.2, 0) is 0 Å². The summed E-state index contributed by atoms with van der Waals surface area (Å²) in [6.45, 7) is 3.84. The molecule has 3 N–H and O–H groups in total. The standard InChI is InChI=1S/C10H14N4O.ClH/c11-10(15)8-1-2-9(13-7-8)14-5-3-12-4-6-14;/h1-2,7,12H,3-6H2,(H2,11,15);1H. The van der Waals surface area contributed by atoms with Gasteiger partial charge >= 0.3 is 0 Å². The first-order chi connectivity index (χ1) is 7.27. The molecule has 2 heterocycles. The summed E-state index contributed by atoms with van der Waals surface area (Å²) in [6, 6.07) is 3.55. The highest BCUT2D eigenvalue weighted by Gasteiger charge is 2.11. The molecule has 0 atom stereocenters. The summed E-state index contributed by atoms with van der Waals surface area (Å²) in [5.41, 5.74) is 5.59. The molecule has 0 aliphatic carbocycles. The first kappa shape index (κ1) is 12.7. The number of carbonyl (C=O) groups is 1. The lowest BCUT2D eigenvalue weighted by molar-refractivity contribution is 0.1000. The maximum atomic E-state index is 10.8. The van der Waals surface area contributed by atoms with Crippen molar-refractivity contribution in [1.29, 1.82) is 0 Å². The molecule has 1 fully saturated rings. The Bertz CT molecular complexity index is 348. The lowest BCUT2D eigenvalue weighted by Crippen LogP contribution is -2.43. The molecule has 1 aromatic rings. The average Bonchev–Trinajstić information content (AvgIpc) is 2.30. The average molecular weight is 243 g/mol. The molecule has 1 aliphatic rings. The van der Waals surface area contributed by atoms with Crippen molar-refractivity contribution in [3.63, 3.8) is 0 Å². The number of primary amides is 1. The van der Waals surface area contributed by atoms with Crippen molar-refractivity contribution >= 4 is 24.1 Å². The Labute approximate surface area is 100 Å². The van der Waals surface area contributed by atoms with E-state index in [1.54, 1.807) is 6.07 Å². The van der Waals surface area contributed by atoms with Crippen LogP contribution in [0.3, 0.4) is 0 Å². The van der Waals surface area contributed by atoms with E-state index in [1.807, 2.05) is 6.07 Å². The van der Waals surface area contributed by atoms with Crippen molar-refractivity contribution in [2.75, 3.05) is 31.1 Å². The van der Waals surface area contributed by atoms with Crippen molar-refractivity contribution in [3.8, 4) is 0 Å². The summed E-state index contributed by atoms with van der Waals surface area (Å²) in [7, 11) is 0. The fraction of sp³-hybridized carbons (Fsp3) is 0.400. The minimum absolute atomic E-state index is 0. The number of aromatic nitrogens is 1. The van der Waals surface area contributed by atoms with E-state index < -0.39 is 5.91 Å². The second kappa shape index (κ2) is 5.67. The van der Waals surface area contributed by atoms with Crippen molar-refractivity contribution in [1.82, 2.24) is 10.3 Å². The molecule has 88 valence electrons. The van der Waals surface area contributed by atoms with Crippen LogP contribution in [0.25, 0.3) is 0 Å². The largest absolute Gasteiger partial charge is 0.366 e. The SMILES string of the molecule is Cl.NC(=O)c1ccc(N2CCNCC2)nc1. The number of anilines is 1. The second-order valence-corrected chi connectivity index (χ2v) is 3.51. The third-order valence-corrected chi connectivity index (χ3v) is 2.47. The Hall–Kier alpha value is -1.33. The molecule has 5 nitrogen and oxygen atoms in total. The van der Waals surface area contributed by atoms with Crippen LogP contribution >= 0.6 is 12.4 Å². The highest BCUT2D eigenvalue weighted by molar-refractivity contribution is 5.92. The van der Waals surface area contributed by atoms with Crippen LogP contribution in [0.2, 0.25) is 0 Å². The molecule has 6 heteroatoms. The van der Waals surface area contributed by atoms with Crippen LogP contribution in [-0.4, -0.2) is 37.1 Å². The fourth-order valence-electron chi connectivity index (χ4n) is 1.61. The van der Waals surface area contributed by atoms with Crippen LogP contribution in [0.5, 0.6) is 0 Å². The van der Waals surface area contributed by atoms with Crippen LogP contribution < -0.4 is 16.0 Å². The van der Waals surface area contributed by atoms with E-state index in [4.69, 9.17) is 5.73 Å². The molecular weight excluding hydrogens is 228 g/mol. The van der Waals surface area contributed by atoms with Crippen LogP contribution in [0.4, 0.5) is 5.82 Å². The van der Waals surface area contributed by atoms with E-state index in [9.17, 15) is 4.79 Å². The molecule has 0 spiro atoms. The van der Waals surface area contributed by atoms with Gasteiger partial charge in [-0.3, -0.25) is 4.79 Å². The van der Waals surface area contributed by atoms with Crippen molar-refractivity contribution < 1.29 is 4.79 Å². The fourth-order valence-corrected chi connectivity index (χ4v) is 1.61. The number of carbonyl (C=O) groups excluding carboxylic acids is 1. The number of piperazine rings is 1. The Morgan fingerprint density at radius 1 is 1.38 bits per heavy atom. The summed E-state index contributed by atoms with van der Waals surface area (Å²) >= 11 is 0. The summed E-state index contributed by atoms with van der Waals surface area (Å²) in [5, 5.41) is 3.27. The first-order valence-electron chi connectivity index (χ1n) is 4.99. The van der Waals surface area contributed by atoms with Gasteiger partial charge in [0.05, 0.1) is 5.56 Å². The molecular formula is C10H15ClN4O. The maximum Gasteiger partial charge on any atom is 0.250 e. The first-order valence-corrected chi connectivity index (χ1v) is 4.99. The third-order valence-electron chi connectivity index (χ3n) is 2.47. The normalized spacial score (nSPS) is 15.4. The van der Waals surface area contributed by atoms with Gasteiger partial charge in [-0.2, -0.15) is 0 Å². The van der Waals surface area contributed by atoms with E-state index >= 15 is 0 Å². The van der Waals surface area contributed by atoms with E-state index in [0.717, 1.165) is 32.0 Å². The third kappa shape index (κ3) is 2.84. The van der Waals surface area contributed by atoms with Gasteiger partial charge in [0.15, 0.2) is 0 Å². The predicted molar refractivity (Wildman–Crippen MR) is 65.1 cm³/mol. The predicted octanol–water partition coefficient (Wildman–Crippen LogP) is 0.0119. The summed E-state index contributed by atoms with van der Waals surface area (Å²) in [4.78, 5) is 17.2. The summed E-state index contributed by atoms with van der Waals surface area (Å²) in [5.74, 6) is 0.468. The highest BCUT2D eigenvalue weighted by Crippen LogP contribution is 2.11. The van der Waals surface area contributed by atoms with Crippen LogP contribution in [0.1, 0.15) is 10.4 Å². The quantitative estimate of drug-likeness (QED) is 0.767. The zero-order valence-electron chi connectivity index (χ0n) is 8.85. The van der Waals surface area contributed by atoms with Gasteiger partial charge in [0.2, 0.25) is 5.91 Å². The topological polar surface area (TPSA) is 71.2 Å². The Morgan fingerprint density at radius 2 is 2.06 bits per heavy atom. The molecule has 1 saturated heterocycles. The highest BCUT2D eigenvalue weighted by atomic mass is 35.5. The van der Waals surface area contributed by atoms with Gasteiger partial charge in [-0.15, -0.1) is 12.4 Å². The molecule has 0 bridgehead atoms. The minimum atomic E-state index is -0.436. The van der Waals surface area contributed by atoms with Gasteiger partial charge in [0, 0.05) is 32.4 Å². The summed E-state index contributed by atoms with van der Waals surface area (Å²) in [6.07, 6.45) is 1.53. The summed E-state index contributed by atoms with van der Waals surface area (Å²) < 4.78 is 0. The molecule has 0 radical (unpaired) electrons. The zero-order valence-corrected chi connectivity index (χ0v) is 9.67. The number of hydrogen-bond donors (Lipinski definition) is 2. The molecule has 0 saturated carbocycles. The smallest absolute Gasteiger partial charge is 0.250 e. The number of amides is 1. The number of hydrogen-bond acceptors (Lipinski definition) is 4. The van der Waals surface area contributed by atoms with E-state index in [0.29, 0.717) is 5.56 Å². The number of nitrogens with zero attached hydrogens (tertiary/aromatic N) is 2. The van der Waals surface area contributed by atoms with Crippen molar-refractivity contribution in [2.45, 2.75) is 0 Å². The van der Waals surface area contributed by atoms with Gasteiger partial charge in [-0.1, -0.05) is 0 Å². The lowest BCUT2D eigenvalue weighted by atomic mass is 10.2. The Kier molecular flexibility index (Phi) is 4.52. The molecule has 1 amide bonds. The number of nitrogens with two attached hydrogens (primary N) is 1. The van der Waals surface area contributed by atoms with Crippen molar-refractivity contribution in [3.05, 3.63) is 23.9 Å². The van der Waals surface area contributed by atoms with Gasteiger partial charge < -0.3 is 16.0 Å². The molecule has 0 aromatic carbocycles. The molecule has 1 aliphatic heterocycles. The number of halogens is 1. The molecule has 0 unspecified atom stereocenters. The van der Waals surface area contributed by atoms with Gasteiger partial charge in [-0.25, -0.2) is 4.98 Å². The van der Waals surface area contributed by atoms with E-state index in [1.165, 1.54) is 6.20 Å². The molecule has 2 rings (SSSR count). The zero-order chi connectivity index (χ0) is 10.7. The van der Waals surface area contributed by atoms with Gasteiger partial charge in [-0.05, 0) is 12.1 Å². The molecule has 1 aromatic heterocycles. The minimum Gasteiger partial charge on any atom is -0.366 e. The lowest BCUT2D eigenvalue weighted by Gasteiger charge is -2.28.